The van der Waals surface area contributed by atoms with Crippen molar-refractivity contribution in [2.24, 2.45) is 0 Å². The lowest BCUT2D eigenvalue weighted by molar-refractivity contribution is 0.287. The molecule has 28 heavy (non-hydrogen) atoms. The molecule has 0 radical (unpaired) electrons. The molecule has 0 aromatic heterocycles. The van der Waals surface area contributed by atoms with E-state index in [-0.39, 0.29) is 0 Å². The number of ether oxygens (including phenoxy) is 3. The van der Waals surface area contributed by atoms with Crippen molar-refractivity contribution in [3.8, 4) is 17.2 Å². The lowest BCUT2D eigenvalue weighted by Crippen LogP contribution is -2.00. The summed E-state index contributed by atoms with van der Waals surface area (Å²) in [5.74, 6) is 3.21. The van der Waals surface area contributed by atoms with Gasteiger partial charge in [0.25, 0.3) is 0 Å². The molecule has 0 aliphatic heterocycles. The van der Waals surface area contributed by atoms with Crippen molar-refractivity contribution >= 4 is 22.4 Å². The molecule has 0 fully saturated rings. The second-order valence-corrected chi connectivity index (χ2v) is 7.57. The largest absolute Gasteiger partial charge is 0.494 e. The van der Waals surface area contributed by atoms with Crippen LogP contribution in [-0.4, -0.2) is 26.2 Å². The Morgan fingerprint density at radius 1 is 0.786 bits per heavy atom. The Bertz CT molecular complexity index is 687. The summed E-state index contributed by atoms with van der Waals surface area (Å²) in [5.41, 5.74) is 0. The average Bonchev–Trinajstić information content (AvgIpc) is 2.72. The fraction of sp³-hybridized carbons (Fsp3) is 0.583. The Hall–Kier alpha value is -1.61. The third-order valence-corrected chi connectivity index (χ3v) is 5.18. The van der Waals surface area contributed by atoms with E-state index in [0.29, 0.717) is 12.5 Å². The second kappa shape index (κ2) is 13.5. The Labute approximate surface area is 175 Å². The van der Waals surface area contributed by atoms with Gasteiger partial charge >= 0.3 is 0 Å². The van der Waals surface area contributed by atoms with E-state index in [4.69, 9.17) is 25.8 Å². The first-order chi connectivity index (χ1) is 13.8. The molecule has 0 aliphatic carbocycles. The van der Waals surface area contributed by atoms with Crippen molar-refractivity contribution in [2.45, 2.75) is 64.7 Å². The van der Waals surface area contributed by atoms with Crippen LogP contribution in [0.1, 0.15) is 64.7 Å². The van der Waals surface area contributed by atoms with Crippen LogP contribution < -0.4 is 14.2 Å². The molecule has 0 atom stereocenters. The van der Waals surface area contributed by atoms with Crippen LogP contribution in [0.4, 0.5) is 0 Å². The average molecular weight is 407 g/mol. The maximum atomic E-state index is 5.94. The van der Waals surface area contributed by atoms with Crippen LogP contribution in [0.15, 0.2) is 30.3 Å². The number of unbranched alkanes of at least 4 members (excludes halogenated alkanes) is 7. The number of hydrogen-bond donors (Lipinski definition) is 0. The zero-order valence-corrected chi connectivity index (χ0v) is 18.2. The molecule has 0 heterocycles. The summed E-state index contributed by atoms with van der Waals surface area (Å²) in [6.07, 6.45) is 10.7. The van der Waals surface area contributed by atoms with Gasteiger partial charge in [0, 0.05) is 11.3 Å². The van der Waals surface area contributed by atoms with E-state index < -0.39 is 0 Å². The summed E-state index contributed by atoms with van der Waals surface area (Å²) in [5, 5.41) is 2.15. The number of methoxy groups -OCH3 is 1. The van der Waals surface area contributed by atoms with E-state index in [0.717, 1.165) is 60.3 Å². The van der Waals surface area contributed by atoms with Crippen molar-refractivity contribution in [2.75, 3.05) is 26.2 Å². The zero-order valence-electron chi connectivity index (χ0n) is 17.5. The normalized spacial score (nSPS) is 11.0. The molecule has 2 rings (SSSR count). The number of alkyl halides is 1. The maximum absolute atomic E-state index is 5.94. The van der Waals surface area contributed by atoms with Gasteiger partial charge in [-0.3, -0.25) is 0 Å². The van der Waals surface area contributed by atoms with Gasteiger partial charge < -0.3 is 14.2 Å². The van der Waals surface area contributed by atoms with Gasteiger partial charge in [-0.05, 0) is 55.3 Å². The highest BCUT2D eigenvalue weighted by Gasteiger charge is 2.10. The summed E-state index contributed by atoms with van der Waals surface area (Å²) in [6, 6.07) is 10.2. The van der Waals surface area contributed by atoms with E-state index in [1.807, 2.05) is 12.1 Å². The Kier molecular flexibility index (Phi) is 11.0. The number of hydrogen-bond acceptors (Lipinski definition) is 3. The van der Waals surface area contributed by atoms with Crippen LogP contribution in [-0.2, 0) is 0 Å². The first-order valence-electron chi connectivity index (χ1n) is 10.7. The second-order valence-electron chi connectivity index (χ2n) is 7.19. The quantitative estimate of drug-likeness (QED) is 0.228. The van der Waals surface area contributed by atoms with Crippen LogP contribution in [0.5, 0.6) is 17.2 Å². The minimum absolute atomic E-state index is 0.679. The van der Waals surface area contributed by atoms with Crippen LogP contribution in [0, 0.1) is 0 Å². The predicted molar refractivity (Wildman–Crippen MR) is 119 cm³/mol. The SMILES string of the molecule is CCCCCCCCOc1ccc2c(OC)c(OCCCCCCl)ccc2c1. The van der Waals surface area contributed by atoms with Crippen molar-refractivity contribution in [3.05, 3.63) is 30.3 Å². The van der Waals surface area contributed by atoms with Crippen molar-refractivity contribution < 1.29 is 14.2 Å². The Morgan fingerprint density at radius 3 is 2.25 bits per heavy atom. The van der Waals surface area contributed by atoms with E-state index in [1.165, 1.54) is 32.1 Å². The molecule has 2 aromatic rings. The first kappa shape index (κ1) is 22.7. The van der Waals surface area contributed by atoms with E-state index in [1.54, 1.807) is 7.11 Å². The highest BCUT2D eigenvalue weighted by Crippen LogP contribution is 2.37. The molecule has 4 heteroatoms. The smallest absolute Gasteiger partial charge is 0.168 e. The van der Waals surface area contributed by atoms with E-state index in [9.17, 15) is 0 Å². The topological polar surface area (TPSA) is 27.7 Å². The molecule has 0 unspecified atom stereocenters. The van der Waals surface area contributed by atoms with E-state index >= 15 is 0 Å². The molecule has 0 aliphatic rings. The fourth-order valence-corrected chi connectivity index (χ4v) is 3.49. The molecule has 0 saturated heterocycles. The van der Waals surface area contributed by atoms with Crippen LogP contribution in [0.2, 0.25) is 0 Å². The van der Waals surface area contributed by atoms with Gasteiger partial charge in [0.1, 0.15) is 5.75 Å². The lowest BCUT2D eigenvalue weighted by Gasteiger charge is -2.14. The van der Waals surface area contributed by atoms with Gasteiger partial charge in [0.05, 0.1) is 20.3 Å². The molecule has 0 saturated carbocycles. The van der Waals surface area contributed by atoms with Crippen molar-refractivity contribution in [1.82, 2.24) is 0 Å². The van der Waals surface area contributed by atoms with Crippen molar-refractivity contribution in [1.29, 1.82) is 0 Å². The molecule has 0 bridgehead atoms. The minimum Gasteiger partial charge on any atom is -0.494 e. The molecule has 3 nitrogen and oxygen atoms in total. The molecular weight excluding hydrogens is 372 g/mol. The lowest BCUT2D eigenvalue weighted by atomic mass is 10.1. The molecule has 0 N–H and O–H groups in total. The number of benzene rings is 2. The highest BCUT2D eigenvalue weighted by molar-refractivity contribution is 6.17. The third kappa shape index (κ3) is 7.43. The predicted octanol–water partition coefficient (Wildman–Crippen LogP) is 7.38. The van der Waals surface area contributed by atoms with Gasteiger partial charge in [-0.25, -0.2) is 0 Å². The molecule has 0 amide bonds. The zero-order chi connectivity index (χ0) is 20.0. The maximum Gasteiger partial charge on any atom is 0.168 e. The third-order valence-electron chi connectivity index (χ3n) is 4.91. The summed E-state index contributed by atoms with van der Waals surface area (Å²) >= 11 is 5.72. The van der Waals surface area contributed by atoms with Gasteiger partial charge in [-0.15, -0.1) is 11.6 Å². The summed E-state index contributed by atoms with van der Waals surface area (Å²) in [7, 11) is 1.69. The monoisotopic (exact) mass is 406 g/mol. The molecule has 2 aromatic carbocycles. The summed E-state index contributed by atoms with van der Waals surface area (Å²) in [6.45, 7) is 3.70. The van der Waals surface area contributed by atoms with Gasteiger partial charge in [0.15, 0.2) is 11.5 Å². The number of fused-ring (bicyclic) bond motifs is 1. The Balaban J connectivity index is 1.90. The standard InChI is InChI=1S/C24H35ClO3/c1-3-4-5-6-7-10-17-27-21-13-14-22-20(19-21)12-15-23(24(22)26-2)28-18-11-8-9-16-25/h12-15,19H,3-11,16-18H2,1-2H3. The minimum atomic E-state index is 0.679. The van der Waals surface area contributed by atoms with Crippen LogP contribution in [0.25, 0.3) is 10.8 Å². The van der Waals surface area contributed by atoms with Crippen molar-refractivity contribution in [3.63, 3.8) is 0 Å². The molecular formula is C24H35ClO3. The van der Waals surface area contributed by atoms with Gasteiger partial charge in [-0.1, -0.05) is 45.1 Å². The van der Waals surface area contributed by atoms with Gasteiger partial charge in [0.2, 0.25) is 0 Å². The van der Waals surface area contributed by atoms with Crippen LogP contribution in [0.3, 0.4) is 0 Å². The highest BCUT2D eigenvalue weighted by atomic mass is 35.5. The summed E-state index contributed by atoms with van der Waals surface area (Å²) in [4.78, 5) is 0. The first-order valence-corrected chi connectivity index (χ1v) is 11.3. The number of halogens is 1. The molecule has 156 valence electrons. The van der Waals surface area contributed by atoms with Crippen LogP contribution >= 0.6 is 11.6 Å². The number of rotatable bonds is 15. The Morgan fingerprint density at radius 2 is 1.50 bits per heavy atom. The van der Waals surface area contributed by atoms with Gasteiger partial charge in [-0.2, -0.15) is 0 Å². The molecule has 0 spiro atoms. The van der Waals surface area contributed by atoms with E-state index in [2.05, 4.69) is 25.1 Å². The summed E-state index contributed by atoms with van der Waals surface area (Å²) < 4.78 is 17.5. The fourth-order valence-electron chi connectivity index (χ4n) is 3.30.